The Hall–Kier alpha value is -0.0800. The Balaban J connectivity index is 1.75. The van der Waals surface area contributed by atoms with Crippen LogP contribution < -0.4 is 0 Å². The van der Waals surface area contributed by atoms with E-state index >= 15 is 0 Å². The molecule has 2 fully saturated rings. The average molecular weight is 310 g/mol. The summed E-state index contributed by atoms with van der Waals surface area (Å²) in [7, 11) is 0. The smallest absolute Gasteiger partial charge is 0.0608 e. The van der Waals surface area contributed by atoms with Crippen LogP contribution in [0.15, 0.2) is 0 Å². The van der Waals surface area contributed by atoms with Crippen molar-refractivity contribution in [3.05, 3.63) is 0 Å². The van der Waals surface area contributed by atoms with Crippen molar-refractivity contribution < 1.29 is 4.74 Å². The van der Waals surface area contributed by atoms with Gasteiger partial charge in [-0.2, -0.15) is 0 Å². The molecule has 0 amide bonds. The second-order valence-electron chi connectivity index (χ2n) is 8.81. The molecular weight excluding hydrogens is 270 g/mol. The van der Waals surface area contributed by atoms with Crippen LogP contribution in [0, 0.1) is 29.6 Å². The lowest BCUT2D eigenvalue weighted by atomic mass is 9.75. The van der Waals surface area contributed by atoms with E-state index in [-0.39, 0.29) is 0 Å². The van der Waals surface area contributed by atoms with E-state index in [2.05, 4.69) is 39.5 Å². The molecule has 0 radical (unpaired) electrons. The van der Waals surface area contributed by atoms with Crippen LogP contribution in [0.5, 0.6) is 0 Å². The SMILES string of the molecule is CC1CCC(C(C)C)C(OCC(C)CN2CCCC(C)C2)C1. The van der Waals surface area contributed by atoms with Gasteiger partial charge in [-0.3, -0.25) is 0 Å². The molecule has 0 bridgehead atoms. The molecular formula is C20H39NO. The predicted octanol–water partition coefficient (Wildman–Crippen LogP) is 4.83. The van der Waals surface area contributed by atoms with Crippen molar-refractivity contribution in [1.29, 1.82) is 0 Å². The molecule has 0 spiro atoms. The van der Waals surface area contributed by atoms with Gasteiger partial charge in [-0.1, -0.05) is 41.0 Å². The first-order chi connectivity index (χ1) is 10.5. The maximum atomic E-state index is 6.43. The summed E-state index contributed by atoms with van der Waals surface area (Å²) in [6, 6.07) is 0. The highest BCUT2D eigenvalue weighted by Gasteiger charge is 2.31. The number of hydrogen-bond acceptors (Lipinski definition) is 2. The topological polar surface area (TPSA) is 12.5 Å². The van der Waals surface area contributed by atoms with Crippen LogP contribution in [-0.4, -0.2) is 37.2 Å². The third-order valence-corrected chi connectivity index (χ3v) is 5.87. The summed E-state index contributed by atoms with van der Waals surface area (Å²) < 4.78 is 6.43. The molecule has 0 aromatic carbocycles. The number of ether oxygens (including phenoxy) is 1. The molecule has 1 aliphatic heterocycles. The second kappa shape index (κ2) is 8.68. The molecule has 1 aliphatic carbocycles. The Labute approximate surface area is 139 Å². The molecule has 0 aromatic heterocycles. The minimum absolute atomic E-state index is 0.506. The standard InChI is InChI=1S/C20H39NO/c1-15(2)19-9-8-16(3)11-20(19)22-14-18(5)13-21-10-6-7-17(4)12-21/h15-20H,6-14H2,1-5H3. The fraction of sp³-hybridized carbons (Fsp3) is 1.00. The van der Waals surface area contributed by atoms with Crippen molar-refractivity contribution in [2.75, 3.05) is 26.2 Å². The summed E-state index contributed by atoms with van der Waals surface area (Å²) >= 11 is 0. The fourth-order valence-corrected chi connectivity index (χ4v) is 4.54. The number of rotatable bonds is 6. The molecule has 2 nitrogen and oxygen atoms in total. The van der Waals surface area contributed by atoms with Gasteiger partial charge in [0.2, 0.25) is 0 Å². The Kier molecular flexibility index (Phi) is 7.21. The van der Waals surface area contributed by atoms with Crippen LogP contribution in [-0.2, 0) is 4.74 Å². The lowest BCUT2D eigenvalue weighted by Gasteiger charge is -2.38. The van der Waals surface area contributed by atoms with Crippen molar-refractivity contribution in [1.82, 2.24) is 4.90 Å². The number of nitrogens with zero attached hydrogens (tertiary/aromatic N) is 1. The molecule has 5 atom stereocenters. The maximum Gasteiger partial charge on any atom is 0.0608 e. The van der Waals surface area contributed by atoms with Crippen LogP contribution in [0.4, 0.5) is 0 Å². The van der Waals surface area contributed by atoms with Crippen molar-refractivity contribution in [3.8, 4) is 0 Å². The highest BCUT2D eigenvalue weighted by Crippen LogP contribution is 2.35. The van der Waals surface area contributed by atoms with Crippen LogP contribution in [0.3, 0.4) is 0 Å². The Morgan fingerprint density at radius 1 is 1.05 bits per heavy atom. The Bertz CT molecular complexity index is 317. The van der Waals surface area contributed by atoms with E-state index in [1.165, 1.54) is 51.7 Å². The van der Waals surface area contributed by atoms with Gasteiger partial charge in [-0.15, -0.1) is 0 Å². The van der Waals surface area contributed by atoms with Crippen LogP contribution in [0.1, 0.15) is 66.7 Å². The van der Waals surface area contributed by atoms with E-state index in [0.717, 1.165) is 30.3 Å². The van der Waals surface area contributed by atoms with Crippen molar-refractivity contribution in [2.45, 2.75) is 72.8 Å². The first-order valence-electron chi connectivity index (χ1n) is 9.79. The molecule has 2 aliphatic rings. The molecule has 130 valence electrons. The number of piperidine rings is 1. The monoisotopic (exact) mass is 309 g/mol. The van der Waals surface area contributed by atoms with E-state index in [4.69, 9.17) is 4.74 Å². The zero-order valence-electron chi connectivity index (χ0n) is 15.7. The molecule has 2 heteroatoms. The maximum absolute atomic E-state index is 6.43. The van der Waals surface area contributed by atoms with Crippen LogP contribution >= 0.6 is 0 Å². The van der Waals surface area contributed by atoms with E-state index < -0.39 is 0 Å². The summed E-state index contributed by atoms with van der Waals surface area (Å²) in [5.74, 6) is 3.93. The summed E-state index contributed by atoms with van der Waals surface area (Å²) in [6.07, 6.45) is 7.33. The van der Waals surface area contributed by atoms with Crippen LogP contribution in [0.25, 0.3) is 0 Å². The molecule has 1 saturated carbocycles. The first kappa shape index (κ1) is 18.3. The lowest BCUT2D eigenvalue weighted by molar-refractivity contribution is -0.0532. The minimum Gasteiger partial charge on any atom is -0.378 e. The first-order valence-corrected chi connectivity index (χ1v) is 9.79. The quantitative estimate of drug-likeness (QED) is 0.696. The summed E-state index contributed by atoms with van der Waals surface area (Å²) in [6.45, 7) is 16.7. The Morgan fingerprint density at radius 2 is 1.82 bits per heavy atom. The third-order valence-electron chi connectivity index (χ3n) is 5.87. The molecule has 1 heterocycles. The largest absolute Gasteiger partial charge is 0.378 e. The van der Waals surface area contributed by atoms with E-state index in [9.17, 15) is 0 Å². The van der Waals surface area contributed by atoms with Gasteiger partial charge < -0.3 is 9.64 Å². The normalized spacial score (nSPS) is 35.7. The summed E-state index contributed by atoms with van der Waals surface area (Å²) in [5.41, 5.74) is 0. The van der Waals surface area contributed by atoms with E-state index in [0.29, 0.717) is 12.0 Å². The molecule has 0 N–H and O–H groups in total. The zero-order valence-corrected chi connectivity index (χ0v) is 15.7. The average Bonchev–Trinajstić information content (AvgIpc) is 2.45. The second-order valence-corrected chi connectivity index (χ2v) is 8.81. The van der Waals surface area contributed by atoms with E-state index in [1.54, 1.807) is 0 Å². The molecule has 0 aromatic rings. The minimum atomic E-state index is 0.506. The van der Waals surface area contributed by atoms with Crippen molar-refractivity contribution in [3.63, 3.8) is 0 Å². The fourth-order valence-electron chi connectivity index (χ4n) is 4.54. The highest BCUT2D eigenvalue weighted by molar-refractivity contribution is 4.81. The summed E-state index contributed by atoms with van der Waals surface area (Å²) in [5, 5.41) is 0. The highest BCUT2D eigenvalue weighted by atomic mass is 16.5. The van der Waals surface area contributed by atoms with Gasteiger partial charge in [-0.05, 0) is 61.8 Å². The van der Waals surface area contributed by atoms with Gasteiger partial charge in [0.15, 0.2) is 0 Å². The number of likely N-dealkylation sites (tertiary alicyclic amines) is 1. The van der Waals surface area contributed by atoms with Crippen LogP contribution in [0.2, 0.25) is 0 Å². The van der Waals surface area contributed by atoms with E-state index in [1.807, 2.05) is 0 Å². The molecule has 2 rings (SSSR count). The summed E-state index contributed by atoms with van der Waals surface area (Å²) in [4.78, 5) is 2.66. The van der Waals surface area contributed by atoms with Gasteiger partial charge >= 0.3 is 0 Å². The molecule has 5 unspecified atom stereocenters. The van der Waals surface area contributed by atoms with Crippen molar-refractivity contribution >= 4 is 0 Å². The third kappa shape index (κ3) is 5.53. The van der Waals surface area contributed by atoms with Gasteiger partial charge in [0, 0.05) is 13.1 Å². The Morgan fingerprint density at radius 3 is 2.50 bits per heavy atom. The van der Waals surface area contributed by atoms with Gasteiger partial charge in [0.05, 0.1) is 12.7 Å². The lowest BCUT2D eigenvalue weighted by Crippen LogP contribution is -2.39. The zero-order chi connectivity index (χ0) is 16.1. The molecule has 22 heavy (non-hydrogen) atoms. The van der Waals surface area contributed by atoms with Crippen molar-refractivity contribution in [2.24, 2.45) is 29.6 Å². The predicted molar refractivity (Wildman–Crippen MR) is 95.1 cm³/mol. The molecule has 1 saturated heterocycles. The van der Waals surface area contributed by atoms with Gasteiger partial charge in [-0.25, -0.2) is 0 Å². The van der Waals surface area contributed by atoms with Gasteiger partial charge in [0.1, 0.15) is 0 Å². The number of hydrogen-bond donors (Lipinski definition) is 0. The van der Waals surface area contributed by atoms with Gasteiger partial charge in [0.25, 0.3) is 0 Å².